The molecule has 7 nitrogen and oxygen atoms in total. The Labute approximate surface area is 156 Å². The van der Waals surface area contributed by atoms with Crippen LogP contribution in [0.1, 0.15) is 11.7 Å². The van der Waals surface area contributed by atoms with Gasteiger partial charge in [0.15, 0.2) is 5.72 Å². The second kappa shape index (κ2) is 8.07. The van der Waals surface area contributed by atoms with E-state index in [9.17, 15) is 9.90 Å². The molecule has 1 aliphatic heterocycles. The number of aliphatic hydroxyl groups is 1. The van der Waals surface area contributed by atoms with E-state index in [2.05, 4.69) is 5.43 Å². The number of hydrazine groups is 1. The van der Waals surface area contributed by atoms with Gasteiger partial charge in [0, 0.05) is 24.3 Å². The van der Waals surface area contributed by atoms with Gasteiger partial charge in [-0.25, -0.2) is 0 Å². The second-order valence-electron chi connectivity index (χ2n) is 5.76. The molecule has 1 aromatic rings. The van der Waals surface area contributed by atoms with Crippen molar-refractivity contribution in [1.29, 1.82) is 0 Å². The molecule has 0 aromatic heterocycles. The number of hydrogen-bond acceptors (Lipinski definition) is 7. The van der Waals surface area contributed by atoms with Crippen LogP contribution in [0.5, 0.6) is 0 Å². The molecule has 1 amide bonds. The molecule has 0 spiro atoms. The van der Waals surface area contributed by atoms with Gasteiger partial charge in [-0.1, -0.05) is 30.3 Å². The minimum absolute atomic E-state index is 0.214. The van der Waals surface area contributed by atoms with Crippen LogP contribution in [0.25, 0.3) is 0 Å². The number of methoxy groups -OCH3 is 1. The standard InChI is InChI=1S/C18H21N3O4S/c1-24-16-11-14(17(19)23)7-8-18(16,21-20-9-10-26-21)25-15(12-22)13-5-3-2-4-6-13/h2-11,15-16,20,22H,12H2,1H3,(H2,19,23). The number of amides is 1. The van der Waals surface area contributed by atoms with E-state index >= 15 is 0 Å². The molecule has 1 aliphatic carbocycles. The van der Waals surface area contributed by atoms with Crippen molar-refractivity contribution in [1.82, 2.24) is 9.84 Å². The molecule has 0 radical (unpaired) electrons. The molecule has 1 aromatic carbocycles. The van der Waals surface area contributed by atoms with Gasteiger partial charge in [-0.3, -0.25) is 4.79 Å². The van der Waals surface area contributed by atoms with E-state index in [1.807, 2.05) is 35.7 Å². The molecule has 0 fully saturated rings. The predicted octanol–water partition coefficient (Wildman–Crippen LogP) is 1.37. The van der Waals surface area contributed by atoms with Crippen LogP contribution < -0.4 is 11.2 Å². The Hall–Kier alpha value is -2.10. The fourth-order valence-electron chi connectivity index (χ4n) is 2.89. The monoisotopic (exact) mass is 375 g/mol. The first kappa shape index (κ1) is 18.7. The number of aliphatic hydroxyl groups excluding tert-OH is 1. The Morgan fingerprint density at radius 3 is 2.81 bits per heavy atom. The lowest BCUT2D eigenvalue weighted by Crippen LogP contribution is -2.58. The molecular formula is C18H21N3O4S. The van der Waals surface area contributed by atoms with Crippen molar-refractivity contribution in [3.8, 4) is 0 Å². The number of nitrogens with two attached hydrogens (primary N) is 1. The third-order valence-corrected chi connectivity index (χ3v) is 5.05. The van der Waals surface area contributed by atoms with Crippen LogP contribution in [-0.2, 0) is 14.3 Å². The maximum atomic E-state index is 11.6. The normalized spacial score (nSPS) is 26.4. The topological polar surface area (TPSA) is 97.0 Å². The molecule has 3 atom stereocenters. The van der Waals surface area contributed by atoms with Crippen molar-refractivity contribution in [3.63, 3.8) is 0 Å². The highest BCUT2D eigenvalue weighted by Crippen LogP contribution is 2.39. The summed E-state index contributed by atoms with van der Waals surface area (Å²) in [6.07, 6.45) is 5.50. The van der Waals surface area contributed by atoms with Gasteiger partial charge in [0.25, 0.3) is 0 Å². The lowest BCUT2D eigenvalue weighted by molar-refractivity contribution is -0.192. The van der Waals surface area contributed by atoms with Gasteiger partial charge >= 0.3 is 0 Å². The summed E-state index contributed by atoms with van der Waals surface area (Å²) < 4.78 is 13.8. The number of benzene rings is 1. The Balaban J connectivity index is 1.97. The number of carbonyl (C=O) groups is 1. The highest BCUT2D eigenvalue weighted by molar-refractivity contribution is 8.00. The molecule has 1 heterocycles. The maximum absolute atomic E-state index is 11.6. The smallest absolute Gasteiger partial charge is 0.248 e. The van der Waals surface area contributed by atoms with Gasteiger partial charge in [0.2, 0.25) is 5.91 Å². The third kappa shape index (κ3) is 3.55. The van der Waals surface area contributed by atoms with Gasteiger partial charge < -0.3 is 25.7 Å². The lowest BCUT2D eigenvalue weighted by Gasteiger charge is -2.44. The van der Waals surface area contributed by atoms with Crippen LogP contribution in [0, 0.1) is 0 Å². The SMILES string of the molecule is COC1C=C(C(N)=O)C=CC1(OC(CO)c1ccccc1)N1NC=CS1. The van der Waals surface area contributed by atoms with Crippen molar-refractivity contribution in [2.24, 2.45) is 5.73 Å². The molecule has 3 unspecified atom stereocenters. The molecule has 0 bridgehead atoms. The van der Waals surface area contributed by atoms with Crippen molar-refractivity contribution in [3.05, 3.63) is 71.3 Å². The molecular weight excluding hydrogens is 354 g/mol. The van der Waals surface area contributed by atoms with Crippen LogP contribution in [0.15, 0.2) is 65.7 Å². The van der Waals surface area contributed by atoms with Crippen LogP contribution in [0.4, 0.5) is 0 Å². The fraction of sp³-hybridized carbons (Fsp3) is 0.278. The number of nitrogens with one attached hydrogen (secondary N) is 1. The van der Waals surface area contributed by atoms with Crippen LogP contribution >= 0.6 is 11.9 Å². The molecule has 8 heteroatoms. The molecule has 138 valence electrons. The zero-order valence-electron chi connectivity index (χ0n) is 14.2. The first-order valence-electron chi connectivity index (χ1n) is 8.06. The van der Waals surface area contributed by atoms with Crippen LogP contribution in [0.2, 0.25) is 0 Å². The van der Waals surface area contributed by atoms with Crippen LogP contribution in [-0.4, -0.2) is 41.0 Å². The van der Waals surface area contributed by atoms with Gasteiger partial charge in [-0.2, -0.15) is 0 Å². The van der Waals surface area contributed by atoms with E-state index in [0.29, 0.717) is 5.57 Å². The number of rotatable bonds is 7. The van der Waals surface area contributed by atoms with Gasteiger partial charge in [-0.05, 0) is 35.7 Å². The van der Waals surface area contributed by atoms with E-state index < -0.39 is 23.8 Å². The molecule has 0 saturated carbocycles. The van der Waals surface area contributed by atoms with E-state index in [4.69, 9.17) is 15.2 Å². The molecule has 0 saturated heterocycles. The summed E-state index contributed by atoms with van der Waals surface area (Å²) in [5, 5.41) is 11.8. The molecule has 26 heavy (non-hydrogen) atoms. The quantitative estimate of drug-likeness (QED) is 0.619. The summed E-state index contributed by atoms with van der Waals surface area (Å²) >= 11 is 1.38. The number of ether oxygens (including phenoxy) is 2. The van der Waals surface area contributed by atoms with Crippen molar-refractivity contribution in [2.75, 3.05) is 13.7 Å². The predicted molar refractivity (Wildman–Crippen MR) is 99.0 cm³/mol. The Morgan fingerprint density at radius 1 is 1.46 bits per heavy atom. The summed E-state index contributed by atoms with van der Waals surface area (Å²) in [6.45, 7) is -0.214. The highest BCUT2D eigenvalue weighted by atomic mass is 32.2. The first-order valence-corrected chi connectivity index (χ1v) is 8.90. The first-order chi connectivity index (χ1) is 12.6. The summed E-state index contributed by atoms with van der Waals surface area (Å²) in [5.74, 6) is -0.543. The van der Waals surface area contributed by atoms with E-state index in [0.717, 1.165) is 5.56 Å². The largest absolute Gasteiger partial charge is 0.393 e. The highest BCUT2D eigenvalue weighted by Gasteiger charge is 2.48. The van der Waals surface area contributed by atoms with E-state index in [1.165, 1.54) is 19.1 Å². The average Bonchev–Trinajstić information content (AvgIpc) is 3.22. The van der Waals surface area contributed by atoms with Gasteiger partial charge in [0.1, 0.15) is 12.2 Å². The summed E-state index contributed by atoms with van der Waals surface area (Å²) in [6, 6.07) is 9.44. The van der Waals surface area contributed by atoms with E-state index in [-0.39, 0.29) is 6.61 Å². The summed E-state index contributed by atoms with van der Waals surface area (Å²) in [5.41, 5.74) is 8.56. The van der Waals surface area contributed by atoms with Crippen molar-refractivity contribution >= 4 is 17.9 Å². The fourth-order valence-corrected chi connectivity index (χ4v) is 3.63. The zero-order valence-corrected chi connectivity index (χ0v) is 15.1. The van der Waals surface area contributed by atoms with Gasteiger partial charge in [0.05, 0.1) is 6.61 Å². The average molecular weight is 375 g/mol. The molecule has 2 aliphatic rings. The lowest BCUT2D eigenvalue weighted by atomic mass is 9.95. The minimum atomic E-state index is -1.11. The summed E-state index contributed by atoms with van der Waals surface area (Å²) in [4.78, 5) is 11.6. The molecule has 4 N–H and O–H groups in total. The summed E-state index contributed by atoms with van der Waals surface area (Å²) in [7, 11) is 1.53. The maximum Gasteiger partial charge on any atom is 0.248 e. The Bertz CT molecular complexity index is 729. The number of nitrogens with zero attached hydrogens (tertiary/aromatic N) is 1. The van der Waals surface area contributed by atoms with Crippen molar-refractivity contribution < 1.29 is 19.4 Å². The Morgan fingerprint density at radius 2 is 2.23 bits per heavy atom. The van der Waals surface area contributed by atoms with E-state index in [1.54, 1.807) is 28.8 Å². The number of primary amides is 1. The van der Waals surface area contributed by atoms with Crippen LogP contribution in [0.3, 0.4) is 0 Å². The van der Waals surface area contributed by atoms with Gasteiger partial charge in [-0.15, -0.1) is 4.41 Å². The Kier molecular flexibility index (Phi) is 5.80. The minimum Gasteiger partial charge on any atom is -0.393 e. The zero-order chi connectivity index (χ0) is 18.6. The number of carbonyl (C=O) groups excluding carboxylic acids is 1. The third-order valence-electron chi connectivity index (χ3n) is 4.19. The second-order valence-corrected chi connectivity index (χ2v) is 6.61. The van der Waals surface area contributed by atoms with Crippen molar-refractivity contribution in [2.45, 2.75) is 17.9 Å². The molecule has 3 rings (SSSR count). The number of hydrogen-bond donors (Lipinski definition) is 3.